The highest BCUT2D eigenvalue weighted by molar-refractivity contribution is 7.89. The van der Waals surface area contributed by atoms with Crippen molar-refractivity contribution < 1.29 is 22.7 Å². The van der Waals surface area contributed by atoms with Crippen molar-refractivity contribution in [3.63, 3.8) is 0 Å². The van der Waals surface area contributed by atoms with Gasteiger partial charge in [0, 0.05) is 25.9 Å². The van der Waals surface area contributed by atoms with E-state index in [1.807, 2.05) is 6.92 Å². The lowest BCUT2D eigenvalue weighted by Gasteiger charge is -2.16. The van der Waals surface area contributed by atoms with Crippen LogP contribution in [0.25, 0.3) is 6.08 Å². The van der Waals surface area contributed by atoms with E-state index in [4.69, 9.17) is 21.1 Å². The monoisotopic (exact) mass is 436 g/mol. The minimum absolute atomic E-state index is 0.105. The molecule has 1 amide bonds. The number of aryl methyl sites for hydroxylation is 1. The minimum atomic E-state index is -3.62. The van der Waals surface area contributed by atoms with Crippen LogP contribution in [0.5, 0.6) is 11.5 Å². The van der Waals surface area contributed by atoms with Crippen LogP contribution in [-0.4, -0.2) is 39.5 Å². The molecule has 0 saturated carbocycles. The number of benzene rings is 2. The van der Waals surface area contributed by atoms with Gasteiger partial charge in [-0.15, -0.1) is 0 Å². The van der Waals surface area contributed by atoms with Crippen molar-refractivity contribution in [2.24, 2.45) is 0 Å². The van der Waals surface area contributed by atoms with Crippen LogP contribution in [0.4, 0.5) is 5.69 Å². The molecule has 7 nitrogen and oxygen atoms in total. The molecule has 0 unspecified atom stereocenters. The van der Waals surface area contributed by atoms with Crippen molar-refractivity contribution in [1.29, 1.82) is 0 Å². The van der Waals surface area contributed by atoms with Crippen molar-refractivity contribution in [2.75, 3.05) is 26.2 Å². The highest BCUT2D eigenvalue weighted by Crippen LogP contribution is 2.40. The van der Waals surface area contributed by atoms with Gasteiger partial charge in [-0.3, -0.25) is 4.79 Å². The molecule has 1 heterocycles. The smallest absolute Gasteiger partial charge is 0.248 e. The number of fused-ring (bicyclic) bond motifs is 1. The number of anilines is 1. The van der Waals surface area contributed by atoms with Gasteiger partial charge in [-0.05, 0) is 60.9 Å². The van der Waals surface area contributed by atoms with E-state index in [1.165, 1.54) is 26.2 Å². The first-order chi connectivity index (χ1) is 13.6. The Morgan fingerprint density at radius 3 is 2.59 bits per heavy atom. The Hall–Kier alpha value is -2.55. The number of ether oxygens (including phenoxy) is 2. The van der Waals surface area contributed by atoms with Gasteiger partial charge in [0.15, 0.2) is 11.5 Å². The third-order valence-corrected chi connectivity index (χ3v) is 6.63. The predicted molar refractivity (Wildman–Crippen MR) is 112 cm³/mol. The van der Waals surface area contributed by atoms with Crippen LogP contribution in [0, 0.1) is 13.8 Å². The quantitative estimate of drug-likeness (QED) is 0.724. The van der Waals surface area contributed by atoms with Crippen molar-refractivity contribution >= 4 is 39.3 Å². The standard InChI is InChI=1S/C20H21ClN2O5S/c1-12-7-15(29(25,26)23(3)4)10-17(13(12)2)22-19(24)6-5-14-8-16(21)20-18(9-14)27-11-28-20/h5-10H,11H2,1-4H3,(H,22,24). The van der Waals surface area contributed by atoms with E-state index >= 15 is 0 Å². The number of amides is 1. The lowest BCUT2D eigenvalue weighted by molar-refractivity contribution is -0.111. The molecule has 0 aliphatic carbocycles. The van der Waals surface area contributed by atoms with E-state index in [0.717, 1.165) is 15.4 Å². The molecule has 0 fully saturated rings. The maximum Gasteiger partial charge on any atom is 0.248 e. The number of halogens is 1. The summed E-state index contributed by atoms with van der Waals surface area (Å²) in [6.45, 7) is 3.72. The van der Waals surface area contributed by atoms with Gasteiger partial charge >= 0.3 is 0 Å². The Labute approximate surface area is 174 Å². The fourth-order valence-electron chi connectivity index (χ4n) is 2.75. The lowest BCUT2D eigenvalue weighted by atomic mass is 10.1. The third-order valence-electron chi connectivity index (χ3n) is 4.55. The summed E-state index contributed by atoms with van der Waals surface area (Å²) in [4.78, 5) is 12.5. The van der Waals surface area contributed by atoms with E-state index < -0.39 is 15.9 Å². The van der Waals surface area contributed by atoms with Crippen LogP contribution in [0.15, 0.2) is 35.2 Å². The van der Waals surface area contributed by atoms with Crippen molar-refractivity contribution in [2.45, 2.75) is 18.7 Å². The zero-order valence-corrected chi connectivity index (χ0v) is 18.0. The molecule has 2 aromatic rings. The third kappa shape index (κ3) is 4.39. The average molecular weight is 437 g/mol. The Morgan fingerprint density at radius 2 is 1.90 bits per heavy atom. The highest BCUT2D eigenvalue weighted by atomic mass is 35.5. The largest absolute Gasteiger partial charge is 0.454 e. The van der Waals surface area contributed by atoms with Gasteiger partial charge in [-0.1, -0.05) is 11.6 Å². The van der Waals surface area contributed by atoms with Gasteiger partial charge in [0.1, 0.15) is 0 Å². The second-order valence-corrected chi connectivity index (χ2v) is 9.32. The van der Waals surface area contributed by atoms with E-state index in [9.17, 15) is 13.2 Å². The maximum atomic E-state index is 12.4. The van der Waals surface area contributed by atoms with E-state index in [-0.39, 0.29) is 11.7 Å². The summed E-state index contributed by atoms with van der Waals surface area (Å²) in [5.41, 5.74) is 2.65. The number of hydrogen-bond donors (Lipinski definition) is 1. The number of carbonyl (C=O) groups is 1. The molecule has 1 N–H and O–H groups in total. The molecule has 1 aliphatic heterocycles. The van der Waals surface area contributed by atoms with Crippen molar-refractivity contribution in [3.05, 3.63) is 52.1 Å². The molecular weight excluding hydrogens is 416 g/mol. The number of rotatable bonds is 5. The van der Waals surface area contributed by atoms with Gasteiger partial charge in [-0.2, -0.15) is 0 Å². The number of carbonyl (C=O) groups excluding carboxylic acids is 1. The normalized spacial score (nSPS) is 13.3. The topological polar surface area (TPSA) is 84.9 Å². The first-order valence-electron chi connectivity index (χ1n) is 8.71. The molecule has 0 radical (unpaired) electrons. The van der Waals surface area contributed by atoms with Crippen LogP contribution >= 0.6 is 11.6 Å². The number of nitrogens with one attached hydrogen (secondary N) is 1. The first-order valence-corrected chi connectivity index (χ1v) is 10.5. The summed E-state index contributed by atoms with van der Waals surface area (Å²) in [5, 5.41) is 3.14. The summed E-state index contributed by atoms with van der Waals surface area (Å²) in [7, 11) is -0.696. The number of hydrogen-bond acceptors (Lipinski definition) is 5. The Balaban J connectivity index is 1.83. The molecule has 29 heavy (non-hydrogen) atoms. The zero-order valence-electron chi connectivity index (χ0n) is 16.4. The molecule has 0 atom stereocenters. The van der Waals surface area contributed by atoms with Gasteiger partial charge in [-0.25, -0.2) is 12.7 Å². The summed E-state index contributed by atoms with van der Waals surface area (Å²) < 4.78 is 36.6. The molecule has 0 aromatic heterocycles. The van der Waals surface area contributed by atoms with Gasteiger partial charge in [0.25, 0.3) is 0 Å². The summed E-state index contributed by atoms with van der Waals surface area (Å²) >= 11 is 6.14. The highest BCUT2D eigenvalue weighted by Gasteiger charge is 2.20. The first kappa shape index (κ1) is 21.2. The second kappa shape index (κ2) is 8.06. The van der Waals surface area contributed by atoms with E-state index in [1.54, 1.807) is 31.2 Å². The molecule has 0 spiro atoms. The molecular formula is C20H21ClN2O5S. The molecule has 0 bridgehead atoms. The molecule has 1 aliphatic rings. The van der Waals surface area contributed by atoms with Crippen LogP contribution in [-0.2, 0) is 14.8 Å². The number of nitrogens with zero attached hydrogens (tertiary/aromatic N) is 1. The van der Waals surface area contributed by atoms with Gasteiger partial charge in [0.05, 0.1) is 9.92 Å². The van der Waals surface area contributed by atoms with Crippen LogP contribution < -0.4 is 14.8 Å². The van der Waals surface area contributed by atoms with E-state index in [0.29, 0.717) is 27.8 Å². The number of sulfonamides is 1. The maximum absolute atomic E-state index is 12.4. The minimum Gasteiger partial charge on any atom is -0.454 e. The molecule has 154 valence electrons. The Kier molecular flexibility index (Phi) is 5.88. The van der Waals surface area contributed by atoms with Crippen LogP contribution in [0.2, 0.25) is 5.02 Å². The SMILES string of the molecule is Cc1cc(S(=O)(=O)N(C)C)cc(NC(=O)C=Cc2cc(Cl)c3c(c2)OCO3)c1C. The lowest BCUT2D eigenvalue weighted by Crippen LogP contribution is -2.22. The second-order valence-electron chi connectivity index (χ2n) is 6.76. The summed E-state index contributed by atoms with van der Waals surface area (Å²) in [6.07, 6.45) is 2.93. The van der Waals surface area contributed by atoms with Crippen LogP contribution in [0.3, 0.4) is 0 Å². The van der Waals surface area contributed by atoms with Crippen LogP contribution in [0.1, 0.15) is 16.7 Å². The van der Waals surface area contributed by atoms with E-state index in [2.05, 4.69) is 5.32 Å². The zero-order chi connectivity index (χ0) is 21.3. The average Bonchev–Trinajstić information content (AvgIpc) is 3.12. The predicted octanol–water partition coefficient (Wildman–Crippen LogP) is 3.59. The molecule has 3 rings (SSSR count). The summed E-state index contributed by atoms with van der Waals surface area (Å²) in [5.74, 6) is 0.601. The van der Waals surface area contributed by atoms with Gasteiger partial charge in [0.2, 0.25) is 22.7 Å². The molecule has 0 saturated heterocycles. The van der Waals surface area contributed by atoms with Crippen molar-refractivity contribution in [3.8, 4) is 11.5 Å². The fraction of sp³-hybridized carbons (Fsp3) is 0.250. The molecule has 9 heteroatoms. The Morgan fingerprint density at radius 1 is 1.17 bits per heavy atom. The molecule has 2 aromatic carbocycles. The van der Waals surface area contributed by atoms with Crippen molar-refractivity contribution in [1.82, 2.24) is 4.31 Å². The fourth-order valence-corrected chi connectivity index (χ4v) is 4.03. The van der Waals surface area contributed by atoms with Gasteiger partial charge < -0.3 is 14.8 Å². The summed E-state index contributed by atoms with van der Waals surface area (Å²) in [6, 6.07) is 6.43. The Bertz CT molecular complexity index is 1110.